The fraction of sp³-hybridized carbons (Fsp3) is 0.241. The number of phenols is 1. The lowest BCUT2D eigenvalue weighted by molar-refractivity contribution is -0.140. The molecule has 1 amide bonds. The average Bonchev–Trinajstić information content (AvgIpc) is 3.18. The van der Waals surface area contributed by atoms with E-state index in [1.54, 1.807) is 55.5 Å². The fourth-order valence-electron chi connectivity index (χ4n) is 4.52. The molecule has 1 atom stereocenters. The van der Waals surface area contributed by atoms with Crippen LogP contribution in [0.4, 0.5) is 0 Å². The van der Waals surface area contributed by atoms with E-state index in [1.807, 2.05) is 0 Å². The highest BCUT2D eigenvalue weighted by Crippen LogP contribution is 2.43. The summed E-state index contributed by atoms with van der Waals surface area (Å²) < 4.78 is 21.6. The van der Waals surface area contributed by atoms with E-state index in [2.05, 4.69) is 0 Å². The van der Waals surface area contributed by atoms with E-state index >= 15 is 0 Å². The molecule has 198 valence electrons. The predicted molar refractivity (Wildman–Crippen MR) is 140 cm³/mol. The van der Waals surface area contributed by atoms with Crippen LogP contribution >= 0.6 is 0 Å². The first kappa shape index (κ1) is 26.4. The molecule has 3 aromatic rings. The topological polar surface area (TPSA) is 115 Å². The molecular weight excluding hydrogens is 490 g/mol. The van der Waals surface area contributed by atoms with Crippen LogP contribution < -0.4 is 18.9 Å². The number of ether oxygens (including phenoxy) is 4. The Balaban J connectivity index is 1.91. The van der Waals surface area contributed by atoms with Gasteiger partial charge in [0.05, 0.1) is 46.1 Å². The number of hydrogen-bond donors (Lipinski definition) is 2. The maximum Gasteiger partial charge on any atom is 0.295 e. The van der Waals surface area contributed by atoms with Crippen LogP contribution in [0.2, 0.25) is 0 Å². The van der Waals surface area contributed by atoms with E-state index in [1.165, 1.54) is 38.4 Å². The number of carbonyl (C=O) groups excluding carboxylic acids is 2. The van der Waals surface area contributed by atoms with Gasteiger partial charge in [0.15, 0.2) is 23.0 Å². The Bertz CT molecular complexity index is 1400. The van der Waals surface area contributed by atoms with Gasteiger partial charge in [-0.15, -0.1) is 0 Å². The molecule has 0 saturated carbocycles. The van der Waals surface area contributed by atoms with Crippen LogP contribution in [0.1, 0.15) is 29.7 Å². The molecule has 9 nitrogen and oxygen atoms in total. The SMILES string of the molecule is CCOc1cc(C2/C(=C(/O)c3ccc(OC)c(OC)c3)C(=O)C(=O)N2Cc2ccccc2OC)ccc1O. The Kier molecular flexibility index (Phi) is 7.76. The number of aromatic hydroxyl groups is 1. The summed E-state index contributed by atoms with van der Waals surface area (Å²) in [7, 11) is 4.47. The molecule has 38 heavy (non-hydrogen) atoms. The van der Waals surface area contributed by atoms with Crippen LogP contribution in [-0.2, 0) is 16.1 Å². The van der Waals surface area contributed by atoms with E-state index < -0.39 is 17.7 Å². The van der Waals surface area contributed by atoms with E-state index in [-0.39, 0.29) is 34.9 Å². The molecule has 1 saturated heterocycles. The van der Waals surface area contributed by atoms with Crippen LogP contribution in [0, 0.1) is 0 Å². The highest BCUT2D eigenvalue weighted by atomic mass is 16.5. The third kappa shape index (κ3) is 4.82. The molecule has 0 aromatic heterocycles. The van der Waals surface area contributed by atoms with Crippen molar-refractivity contribution in [3.05, 3.63) is 82.9 Å². The summed E-state index contributed by atoms with van der Waals surface area (Å²) >= 11 is 0. The number of likely N-dealkylation sites (tertiary alicyclic amines) is 1. The third-order valence-electron chi connectivity index (χ3n) is 6.33. The second-order valence-corrected chi connectivity index (χ2v) is 8.47. The van der Waals surface area contributed by atoms with Crippen LogP contribution in [0.5, 0.6) is 28.7 Å². The number of para-hydroxylation sites is 1. The zero-order valence-corrected chi connectivity index (χ0v) is 21.6. The standard InChI is InChI=1S/C29H29NO8/c1-5-38-23-14-17(10-12-20(23)31)26-25(27(32)18-11-13-22(36-3)24(15-18)37-4)28(33)29(34)30(26)16-19-8-6-7-9-21(19)35-2/h6-15,26,31-32H,5,16H2,1-4H3/b27-25-. The zero-order valence-electron chi connectivity index (χ0n) is 21.6. The van der Waals surface area contributed by atoms with Gasteiger partial charge in [-0.05, 0) is 48.9 Å². The molecule has 1 aliphatic rings. The number of Topliss-reactive ketones (excluding diaryl/α,β-unsaturated/α-hetero) is 1. The van der Waals surface area contributed by atoms with Crippen LogP contribution in [0.3, 0.4) is 0 Å². The van der Waals surface area contributed by atoms with Gasteiger partial charge < -0.3 is 34.1 Å². The Morgan fingerprint density at radius 1 is 0.868 bits per heavy atom. The second-order valence-electron chi connectivity index (χ2n) is 8.47. The van der Waals surface area contributed by atoms with Crippen molar-refractivity contribution in [2.24, 2.45) is 0 Å². The number of carbonyl (C=O) groups is 2. The number of rotatable bonds is 9. The minimum Gasteiger partial charge on any atom is -0.507 e. The minimum atomic E-state index is -0.979. The van der Waals surface area contributed by atoms with Gasteiger partial charge in [0.25, 0.3) is 11.7 Å². The number of nitrogens with zero attached hydrogens (tertiary/aromatic N) is 1. The predicted octanol–water partition coefficient (Wildman–Crippen LogP) is 4.44. The van der Waals surface area contributed by atoms with Crippen molar-refractivity contribution in [3.8, 4) is 28.7 Å². The molecule has 2 N–H and O–H groups in total. The highest BCUT2D eigenvalue weighted by molar-refractivity contribution is 6.46. The van der Waals surface area contributed by atoms with E-state index in [0.29, 0.717) is 35.0 Å². The smallest absolute Gasteiger partial charge is 0.295 e. The highest BCUT2D eigenvalue weighted by Gasteiger charge is 2.46. The molecule has 3 aromatic carbocycles. The maximum absolute atomic E-state index is 13.4. The van der Waals surface area contributed by atoms with Crippen LogP contribution in [0.15, 0.2) is 66.2 Å². The number of ketones is 1. The largest absolute Gasteiger partial charge is 0.507 e. The molecule has 1 fully saturated rings. The van der Waals surface area contributed by atoms with Crippen molar-refractivity contribution in [1.29, 1.82) is 0 Å². The van der Waals surface area contributed by atoms with Crippen molar-refractivity contribution in [2.75, 3.05) is 27.9 Å². The summed E-state index contributed by atoms with van der Waals surface area (Å²) in [6, 6.07) is 15.5. The molecule has 4 rings (SSSR count). The van der Waals surface area contributed by atoms with Gasteiger partial charge in [-0.3, -0.25) is 9.59 Å². The van der Waals surface area contributed by atoms with Gasteiger partial charge in [0.1, 0.15) is 11.5 Å². The third-order valence-corrected chi connectivity index (χ3v) is 6.33. The number of phenolic OH excluding ortho intramolecular Hbond substituents is 1. The number of methoxy groups -OCH3 is 3. The van der Waals surface area contributed by atoms with Crippen molar-refractivity contribution >= 4 is 17.4 Å². The Morgan fingerprint density at radius 3 is 2.26 bits per heavy atom. The summed E-state index contributed by atoms with van der Waals surface area (Å²) in [4.78, 5) is 28.2. The molecular formula is C29H29NO8. The van der Waals surface area contributed by atoms with Crippen molar-refractivity contribution < 1.29 is 38.7 Å². The van der Waals surface area contributed by atoms with Crippen molar-refractivity contribution in [2.45, 2.75) is 19.5 Å². The monoisotopic (exact) mass is 519 g/mol. The van der Waals surface area contributed by atoms with Gasteiger partial charge in [0.2, 0.25) is 0 Å². The van der Waals surface area contributed by atoms with Gasteiger partial charge in [0, 0.05) is 11.1 Å². The number of aliphatic hydroxyl groups is 1. The Hall–Kier alpha value is -4.66. The van der Waals surface area contributed by atoms with Gasteiger partial charge in [-0.25, -0.2) is 0 Å². The minimum absolute atomic E-state index is 0.0345. The molecule has 0 spiro atoms. The summed E-state index contributed by atoms with van der Waals surface area (Å²) in [5.41, 5.74) is 1.32. The number of benzene rings is 3. The van der Waals surface area contributed by atoms with Crippen LogP contribution in [0.25, 0.3) is 5.76 Å². The first-order chi connectivity index (χ1) is 18.3. The summed E-state index contributed by atoms with van der Waals surface area (Å²) in [6.07, 6.45) is 0. The summed E-state index contributed by atoms with van der Waals surface area (Å²) in [6.45, 7) is 2.10. The van der Waals surface area contributed by atoms with E-state index in [4.69, 9.17) is 18.9 Å². The summed E-state index contributed by atoms with van der Waals surface area (Å²) in [5.74, 6) is -0.554. The molecule has 9 heteroatoms. The van der Waals surface area contributed by atoms with Gasteiger partial charge >= 0.3 is 0 Å². The fourth-order valence-corrected chi connectivity index (χ4v) is 4.52. The second kappa shape index (κ2) is 11.2. The first-order valence-corrected chi connectivity index (χ1v) is 11.9. The van der Waals surface area contributed by atoms with E-state index in [0.717, 1.165) is 0 Å². The van der Waals surface area contributed by atoms with Crippen LogP contribution in [-0.4, -0.2) is 54.7 Å². The van der Waals surface area contributed by atoms with E-state index in [9.17, 15) is 19.8 Å². The molecule has 1 aliphatic heterocycles. The number of hydrogen-bond acceptors (Lipinski definition) is 8. The lowest BCUT2D eigenvalue weighted by atomic mass is 9.94. The Morgan fingerprint density at radius 2 is 1.58 bits per heavy atom. The average molecular weight is 520 g/mol. The number of amides is 1. The van der Waals surface area contributed by atoms with Gasteiger partial charge in [-0.1, -0.05) is 24.3 Å². The molecule has 1 unspecified atom stereocenters. The normalized spacial score (nSPS) is 16.4. The first-order valence-electron chi connectivity index (χ1n) is 11.9. The molecule has 0 aliphatic carbocycles. The zero-order chi connectivity index (χ0) is 27.4. The molecule has 0 bridgehead atoms. The summed E-state index contributed by atoms with van der Waals surface area (Å²) in [5, 5.41) is 21.7. The lowest BCUT2D eigenvalue weighted by Gasteiger charge is -2.26. The molecule has 1 heterocycles. The molecule has 0 radical (unpaired) electrons. The lowest BCUT2D eigenvalue weighted by Crippen LogP contribution is -2.29. The number of aliphatic hydroxyl groups excluding tert-OH is 1. The Labute approximate surface area is 220 Å². The quantitative estimate of drug-likeness (QED) is 0.242. The van der Waals surface area contributed by atoms with Crippen molar-refractivity contribution in [1.82, 2.24) is 4.90 Å². The van der Waals surface area contributed by atoms with Gasteiger partial charge in [-0.2, -0.15) is 0 Å². The van der Waals surface area contributed by atoms with Crippen molar-refractivity contribution in [3.63, 3.8) is 0 Å². The maximum atomic E-state index is 13.4.